The fraction of sp³-hybridized carbons (Fsp3) is 0.167. The Morgan fingerprint density at radius 3 is 2.88 bits per heavy atom. The molecule has 0 spiro atoms. The van der Waals surface area contributed by atoms with E-state index < -0.39 is 12.0 Å². The molecule has 0 aliphatic carbocycles. The van der Waals surface area contributed by atoms with Crippen LogP contribution in [0.3, 0.4) is 0 Å². The first-order valence-corrected chi connectivity index (χ1v) is 5.11. The maximum Gasteiger partial charge on any atom is 0.320 e. The third-order valence-corrected chi connectivity index (χ3v) is 2.67. The van der Waals surface area contributed by atoms with E-state index in [2.05, 4.69) is 4.98 Å². The maximum atomic E-state index is 10.7. The fourth-order valence-electron chi connectivity index (χ4n) is 1.81. The van der Waals surface area contributed by atoms with Crippen LogP contribution in [0.2, 0.25) is 0 Å². The lowest BCUT2D eigenvalue weighted by Gasteiger charge is -2.05. The van der Waals surface area contributed by atoms with Crippen molar-refractivity contribution in [3.63, 3.8) is 0 Å². The highest BCUT2D eigenvalue weighted by atomic mass is 16.4. The number of hydrogen-bond donors (Lipinski definition) is 3. The first-order valence-electron chi connectivity index (χ1n) is 5.11. The van der Waals surface area contributed by atoms with Gasteiger partial charge in [0.2, 0.25) is 0 Å². The number of carboxylic acids is 1. The number of H-pyrrole nitrogens is 1. The number of rotatable bonds is 3. The highest BCUT2D eigenvalue weighted by Gasteiger charge is 2.18. The normalized spacial score (nSPS) is 12.2. The Labute approximate surface area is 97.5 Å². The van der Waals surface area contributed by atoms with Crippen molar-refractivity contribution < 1.29 is 9.90 Å². The lowest BCUT2D eigenvalue weighted by molar-refractivity contribution is -0.138. The third kappa shape index (κ3) is 1.98. The number of nitriles is 1. The van der Waals surface area contributed by atoms with Crippen LogP contribution in [0.4, 0.5) is 0 Å². The number of benzene rings is 1. The second-order valence-electron chi connectivity index (χ2n) is 3.78. The molecule has 0 fully saturated rings. The lowest BCUT2D eigenvalue weighted by atomic mass is 10.0. The maximum absolute atomic E-state index is 10.7. The number of carboxylic acid groups (broad SMARTS) is 1. The Hall–Kier alpha value is -2.32. The molecule has 0 radical (unpaired) electrons. The Bertz CT molecular complexity index is 610. The van der Waals surface area contributed by atoms with Gasteiger partial charge in [-0.1, -0.05) is 18.2 Å². The number of nitrogens with two attached hydrogens (primary N) is 1. The molecule has 17 heavy (non-hydrogen) atoms. The average molecular weight is 229 g/mol. The van der Waals surface area contributed by atoms with Gasteiger partial charge in [-0.3, -0.25) is 4.79 Å². The minimum Gasteiger partial charge on any atom is -0.480 e. The number of nitrogens with one attached hydrogen (secondary N) is 1. The van der Waals surface area contributed by atoms with E-state index in [-0.39, 0.29) is 6.42 Å². The van der Waals surface area contributed by atoms with Crippen molar-refractivity contribution >= 4 is 16.9 Å². The van der Waals surface area contributed by atoms with Gasteiger partial charge in [-0.05, 0) is 11.6 Å². The molecule has 2 aromatic rings. The summed E-state index contributed by atoms with van der Waals surface area (Å²) >= 11 is 0. The van der Waals surface area contributed by atoms with E-state index in [1.807, 2.05) is 30.3 Å². The van der Waals surface area contributed by atoms with Gasteiger partial charge in [-0.25, -0.2) is 0 Å². The zero-order chi connectivity index (χ0) is 12.4. The van der Waals surface area contributed by atoms with Crippen LogP contribution >= 0.6 is 0 Å². The van der Waals surface area contributed by atoms with E-state index in [1.54, 1.807) is 0 Å². The molecule has 1 atom stereocenters. The van der Waals surface area contributed by atoms with Gasteiger partial charge in [0.1, 0.15) is 17.8 Å². The summed E-state index contributed by atoms with van der Waals surface area (Å²) in [5.41, 5.74) is 7.36. The van der Waals surface area contributed by atoms with Crippen molar-refractivity contribution in [2.45, 2.75) is 12.5 Å². The number of fused-ring (bicyclic) bond motifs is 1. The molecule has 0 saturated carbocycles. The third-order valence-electron chi connectivity index (χ3n) is 2.67. The minimum absolute atomic E-state index is 0.141. The fourth-order valence-corrected chi connectivity index (χ4v) is 1.81. The molecule has 0 amide bonds. The van der Waals surface area contributed by atoms with E-state index in [9.17, 15) is 4.79 Å². The van der Waals surface area contributed by atoms with Crippen molar-refractivity contribution in [2.75, 3.05) is 0 Å². The topological polar surface area (TPSA) is 103 Å². The molecular formula is C12H11N3O2. The van der Waals surface area contributed by atoms with Crippen molar-refractivity contribution in [1.82, 2.24) is 4.98 Å². The second-order valence-corrected chi connectivity index (χ2v) is 3.78. The summed E-state index contributed by atoms with van der Waals surface area (Å²) < 4.78 is 0. The zero-order valence-corrected chi connectivity index (χ0v) is 8.97. The number of aromatic nitrogens is 1. The van der Waals surface area contributed by atoms with E-state index in [0.29, 0.717) is 11.3 Å². The Morgan fingerprint density at radius 2 is 2.24 bits per heavy atom. The summed E-state index contributed by atoms with van der Waals surface area (Å²) in [6, 6.07) is 8.40. The molecule has 4 N–H and O–H groups in total. The van der Waals surface area contributed by atoms with Crippen LogP contribution in [-0.2, 0) is 11.2 Å². The minimum atomic E-state index is -1.07. The largest absolute Gasteiger partial charge is 0.480 e. The summed E-state index contributed by atoms with van der Waals surface area (Å²) in [6.45, 7) is 0. The molecule has 1 unspecified atom stereocenters. The molecular weight excluding hydrogens is 218 g/mol. The van der Waals surface area contributed by atoms with E-state index in [1.165, 1.54) is 0 Å². The molecule has 1 aromatic heterocycles. The Morgan fingerprint density at radius 1 is 1.53 bits per heavy atom. The molecule has 0 bridgehead atoms. The van der Waals surface area contributed by atoms with Gasteiger partial charge in [-0.2, -0.15) is 5.26 Å². The van der Waals surface area contributed by atoms with E-state index >= 15 is 0 Å². The summed E-state index contributed by atoms with van der Waals surface area (Å²) in [5.74, 6) is -1.07. The average Bonchev–Trinajstić information content (AvgIpc) is 2.67. The summed E-state index contributed by atoms with van der Waals surface area (Å²) in [7, 11) is 0. The highest BCUT2D eigenvalue weighted by Crippen LogP contribution is 2.22. The quantitative estimate of drug-likeness (QED) is 0.730. The van der Waals surface area contributed by atoms with Gasteiger partial charge in [-0.15, -0.1) is 0 Å². The molecule has 0 aliphatic rings. The van der Waals surface area contributed by atoms with Crippen molar-refractivity contribution in [2.24, 2.45) is 5.73 Å². The second kappa shape index (κ2) is 4.28. The number of aliphatic carboxylic acids is 1. The first kappa shape index (κ1) is 11.2. The summed E-state index contributed by atoms with van der Waals surface area (Å²) in [5, 5.41) is 18.6. The number of carbonyl (C=O) groups is 1. The van der Waals surface area contributed by atoms with Gasteiger partial charge in [0.25, 0.3) is 0 Å². The lowest BCUT2D eigenvalue weighted by Crippen LogP contribution is -2.32. The van der Waals surface area contributed by atoms with Crippen molar-refractivity contribution in [3.05, 3.63) is 35.5 Å². The van der Waals surface area contributed by atoms with Gasteiger partial charge in [0.15, 0.2) is 0 Å². The first-order chi connectivity index (χ1) is 8.13. The number of aromatic amines is 1. The molecule has 5 heteroatoms. The SMILES string of the molecule is N#Cc1[nH]c2ccccc2c1CC(N)C(=O)O. The molecule has 0 saturated heterocycles. The molecule has 1 aromatic carbocycles. The zero-order valence-electron chi connectivity index (χ0n) is 8.97. The van der Waals surface area contributed by atoms with Crippen LogP contribution in [0.1, 0.15) is 11.3 Å². The monoisotopic (exact) mass is 229 g/mol. The predicted octanol–water partition coefficient (Wildman–Crippen LogP) is 0.994. The van der Waals surface area contributed by atoms with Gasteiger partial charge < -0.3 is 15.8 Å². The van der Waals surface area contributed by atoms with Crippen LogP contribution in [0.15, 0.2) is 24.3 Å². The summed E-state index contributed by atoms with van der Waals surface area (Å²) in [6.07, 6.45) is 0.141. The standard InChI is InChI=1S/C12H11N3O2/c13-6-11-8(5-9(14)12(16)17)7-3-1-2-4-10(7)15-11/h1-4,9,15H,5,14H2,(H,16,17). The van der Waals surface area contributed by atoms with Gasteiger partial charge in [0.05, 0.1) is 0 Å². The van der Waals surface area contributed by atoms with E-state index in [0.717, 1.165) is 10.9 Å². The highest BCUT2D eigenvalue weighted by molar-refractivity contribution is 5.86. The molecule has 0 aliphatic heterocycles. The van der Waals surface area contributed by atoms with Crippen LogP contribution in [0, 0.1) is 11.3 Å². The molecule has 86 valence electrons. The Kier molecular flexibility index (Phi) is 2.81. The number of para-hydroxylation sites is 1. The number of hydrogen-bond acceptors (Lipinski definition) is 3. The molecule has 1 heterocycles. The van der Waals surface area contributed by atoms with Crippen molar-refractivity contribution in [1.29, 1.82) is 5.26 Å². The Balaban J connectivity index is 2.51. The molecule has 5 nitrogen and oxygen atoms in total. The van der Waals surface area contributed by atoms with Crippen LogP contribution in [0.25, 0.3) is 10.9 Å². The van der Waals surface area contributed by atoms with Crippen LogP contribution in [-0.4, -0.2) is 22.1 Å². The van der Waals surface area contributed by atoms with Crippen LogP contribution < -0.4 is 5.73 Å². The predicted molar refractivity (Wildman–Crippen MR) is 62.3 cm³/mol. The van der Waals surface area contributed by atoms with Gasteiger partial charge >= 0.3 is 5.97 Å². The summed E-state index contributed by atoms with van der Waals surface area (Å²) in [4.78, 5) is 13.7. The van der Waals surface area contributed by atoms with Crippen LogP contribution in [0.5, 0.6) is 0 Å². The van der Waals surface area contributed by atoms with E-state index in [4.69, 9.17) is 16.1 Å². The molecule has 2 rings (SSSR count). The van der Waals surface area contributed by atoms with Crippen molar-refractivity contribution in [3.8, 4) is 6.07 Å². The number of nitrogens with zero attached hydrogens (tertiary/aromatic N) is 1. The smallest absolute Gasteiger partial charge is 0.320 e. The van der Waals surface area contributed by atoms with Gasteiger partial charge in [0, 0.05) is 17.3 Å².